The molecule has 2 aliphatic heterocycles. The van der Waals surface area contributed by atoms with Crippen LogP contribution in [0.25, 0.3) is 0 Å². The molecule has 24 heavy (non-hydrogen) atoms. The maximum absolute atomic E-state index is 12.7. The van der Waals surface area contributed by atoms with Gasteiger partial charge in [-0.2, -0.15) is 0 Å². The maximum atomic E-state index is 12.7. The van der Waals surface area contributed by atoms with Crippen molar-refractivity contribution in [2.45, 2.75) is 30.7 Å². The fraction of sp³-hybridized carbons (Fsp3) is 0.556. The van der Waals surface area contributed by atoms with Crippen molar-refractivity contribution in [3.8, 4) is 0 Å². The van der Waals surface area contributed by atoms with Crippen LogP contribution in [0.4, 0.5) is 4.79 Å². The van der Waals surface area contributed by atoms with E-state index in [2.05, 4.69) is 12.1 Å². The first-order valence-electron chi connectivity index (χ1n) is 8.47. The van der Waals surface area contributed by atoms with E-state index in [-0.39, 0.29) is 23.4 Å². The number of amides is 3. The number of carbonyl (C=O) groups is 2. The standard InChI is InChI=1S/C18H25N3O3/c1-24-12-11-21-16(22)13-15(14-5-3-2-4-6-14)18(21)7-9-20(10-8-18)17(19)23/h2-6,15H,7-13H2,1H3,(H2,19,23)/t15-/m1/s1. The molecule has 2 heterocycles. The minimum Gasteiger partial charge on any atom is -0.383 e. The number of hydrogen-bond donors (Lipinski definition) is 1. The number of benzene rings is 1. The summed E-state index contributed by atoms with van der Waals surface area (Å²) in [7, 11) is 1.65. The summed E-state index contributed by atoms with van der Waals surface area (Å²) in [5.74, 6) is 0.325. The first-order valence-corrected chi connectivity index (χ1v) is 8.47. The summed E-state index contributed by atoms with van der Waals surface area (Å²) in [6.45, 7) is 2.30. The second-order valence-electron chi connectivity index (χ2n) is 6.63. The van der Waals surface area contributed by atoms with Gasteiger partial charge in [0.25, 0.3) is 0 Å². The molecule has 0 aromatic heterocycles. The summed E-state index contributed by atoms with van der Waals surface area (Å²) in [6.07, 6.45) is 2.03. The number of carbonyl (C=O) groups excluding carboxylic acids is 2. The number of likely N-dealkylation sites (tertiary alicyclic amines) is 2. The van der Waals surface area contributed by atoms with Crippen molar-refractivity contribution >= 4 is 11.9 Å². The summed E-state index contributed by atoms with van der Waals surface area (Å²) in [5, 5.41) is 0. The van der Waals surface area contributed by atoms with Crippen LogP contribution in [-0.2, 0) is 9.53 Å². The van der Waals surface area contributed by atoms with Crippen LogP contribution in [0.3, 0.4) is 0 Å². The van der Waals surface area contributed by atoms with Gasteiger partial charge in [-0.15, -0.1) is 0 Å². The van der Waals surface area contributed by atoms with Gasteiger partial charge in [-0.05, 0) is 18.4 Å². The van der Waals surface area contributed by atoms with Gasteiger partial charge in [-0.25, -0.2) is 4.79 Å². The van der Waals surface area contributed by atoms with Crippen molar-refractivity contribution in [2.24, 2.45) is 5.73 Å². The molecule has 0 saturated carbocycles. The Morgan fingerprint density at radius 1 is 1.29 bits per heavy atom. The van der Waals surface area contributed by atoms with Crippen LogP contribution in [0.2, 0.25) is 0 Å². The van der Waals surface area contributed by atoms with Gasteiger partial charge >= 0.3 is 6.03 Å². The van der Waals surface area contributed by atoms with E-state index >= 15 is 0 Å². The number of methoxy groups -OCH3 is 1. The predicted octanol–water partition coefficient (Wildman–Crippen LogP) is 1.56. The minimum absolute atomic E-state index is 0.151. The Kier molecular flexibility index (Phi) is 4.76. The van der Waals surface area contributed by atoms with E-state index in [1.54, 1.807) is 12.0 Å². The lowest BCUT2D eigenvalue weighted by Crippen LogP contribution is -2.57. The molecule has 2 aliphatic rings. The number of hydrogen-bond acceptors (Lipinski definition) is 3. The zero-order chi connectivity index (χ0) is 17.2. The van der Waals surface area contributed by atoms with Crippen LogP contribution in [0, 0.1) is 0 Å². The van der Waals surface area contributed by atoms with Gasteiger partial charge in [0.15, 0.2) is 0 Å². The summed E-state index contributed by atoms with van der Waals surface area (Å²) in [5.41, 5.74) is 6.37. The molecule has 3 amide bonds. The number of primary amides is 1. The quantitative estimate of drug-likeness (QED) is 0.910. The highest BCUT2D eigenvalue weighted by molar-refractivity contribution is 5.82. The molecule has 3 rings (SSSR count). The number of nitrogens with zero attached hydrogens (tertiary/aromatic N) is 2. The zero-order valence-electron chi connectivity index (χ0n) is 14.1. The van der Waals surface area contributed by atoms with Crippen molar-refractivity contribution in [2.75, 3.05) is 33.4 Å². The van der Waals surface area contributed by atoms with E-state index in [4.69, 9.17) is 10.5 Å². The van der Waals surface area contributed by atoms with E-state index in [9.17, 15) is 9.59 Å². The molecule has 0 bridgehead atoms. The van der Waals surface area contributed by atoms with Gasteiger partial charge in [-0.3, -0.25) is 4.79 Å². The second kappa shape index (κ2) is 6.81. The Labute approximate surface area is 142 Å². The molecule has 1 aromatic carbocycles. The summed E-state index contributed by atoms with van der Waals surface area (Å²) in [6, 6.07) is 9.84. The number of rotatable bonds is 4. The molecule has 0 aliphatic carbocycles. The molecule has 2 saturated heterocycles. The van der Waals surface area contributed by atoms with Gasteiger partial charge in [0.05, 0.1) is 12.1 Å². The zero-order valence-corrected chi connectivity index (χ0v) is 14.1. The topological polar surface area (TPSA) is 75.9 Å². The molecule has 0 unspecified atom stereocenters. The number of nitrogens with two attached hydrogens (primary N) is 1. The second-order valence-corrected chi connectivity index (χ2v) is 6.63. The summed E-state index contributed by atoms with van der Waals surface area (Å²) in [4.78, 5) is 27.9. The van der Waals surface area contributed by atoms with Gasteiger partial charge < -0.3 is 20.3 Å². The van der Waals surface area contributed by atoms with Crippen LogP contribution >= 0.6 is 0 Å². The first-order chi connectivity index (χ1) is 11.6. The third-order valence-electron chi connectivity index (χ3n) is 5.53. The molecule has 1 atom stereocenters. The number of ether oxygens (including phenoxy) is 1. The lowest BCUT2D eigenvalue weighted by molar-refractivity contribution is -0.133. The Morgan fingerprint density at radius 3 is 2.54 bits per heavy atom. The van der Waals surface area contributed by atoms with E-state index in [0.717, 1.165) is 12.8 Å². The molecule has 1 aromatic rings. The van der Waals surface area contributed by atoms with E-state index in [0.29, 0.717) is 32.7 Å². The highest BCUT2D eigenvalue weighted by Crippen LogP contribution is 2.48. The summed E-state index contributed by atoms with van der Waals surface area (Å²) >= 11 is 0. The Balaban J connectivity index is 1.91. The van der Waals surface area contributed by atoms with Crippen LogP contribution in [0.15, 0.2) is 30.3 Å². The van der Waals surface area contributed by atoms with Crippen LogP contribution in [0.1, 0.15) is 30.7 Å². The normalized spacial score (nSPS) is 23.0. The predicted molar refractivity (Wildman–Crippen MR) is 90.5 cm³/mol. The maximum Gasteiger partial charge on any atom is 0.314 e. The summed E-state index contributed by atoms with van der Waals surface area (Å²) < 4.78 is 5.21. The van der Waals surface area contributed by atoms with Crippen LogP contribution < -0.4 is 5.73 Å². The Morgan fingerprint density at radius 2 is 1.96 bits per heavy atom. The molecule has 6 nitrogen and oxygen atoms in total. The average molecular weight is 331 g/mol. The molecule has 2 N–H and O–H groups in total. The largest absolute Gasteiger partial charge is 0.383 e. The van der Waals surface area contributed by atoms with Gasteiger partial charge in [0, 0.05) is 39.1 Å². The highest BCUT2D eigenvalue weighted by atomic mass is 16.5. The van der Waals surface area contributed by atoms with Gasteiger partial charge in [0.2, 0.25) is 5.91 Å². The molecule has 130 valence electrons. The van der Waals surface area contributed by atoms with Crippen LogP contribution in [0.5, 0.6) is 0 Å². The van der Waals surface area contributed by atoms with E-state index in [1.807, 2.05) is 23.1 Å². The van der Waals surface area contributed by atoms with Crippen molar-refractivity contribution < 1.29 is 14.3 Å². The SMILES string of the molecule is COCCN1C(=O)C[C@H](c2ccccc2)C12CCN(C(N)=O)CC2. The third kappa shape index (κ3) is 2.86. The fourth-order valence-electron chi connectivity index (χ4n) is 4.29. The van der Waals surface area contributed by atoms with Crippen molar-refractivity contribution in [1.29, 1.82) is 0 Å². The van der Waals surface area contributed by atoms with E-state index in [1.165, 1.54) is 5.56 Å². The average Bonchev–Trinajstić information content (AvgIpc) is 2.86. The van der Waals surface area contributed by atoms with Gasteiger partial charge in [-0.1, -0.05) is 30.3 Å². The van der Waals surface area contributed by atoms with Crippen molar-refractivity contribution in [1.82, 2.24) is 9.80 Å². The number of urea groups is 1. The molecule has 1 spiro atoms. The molecular formula is C18H25N3O3. The molecule has 0 radical (unpaired) electrons. The lowest BCUT2D eigenvalue weighted by atomic mass is 9.73. The van der Waals surface area contributed by atoms with E-state index < -0.39 is 0 Å². The van der Waals surface area contributed by atoms with Crippen molar-refractivity contribution in [3.63, 3.8) is 0 Å². The third-order valence-corrected chi connectivity index (χ3v) is 5.53. The van der Waals surface area contributed by atoms with Gasteiger partial charge in [0.1, 0.15) is 0 Å². The monoisotopic (exact) mass is 331 g/mol. The highest BCUT2D eigenvalue weighted by Gasteiger charge is 2.54. The first kappa shape index (κ1) is 16.8. The fourth-order valence-corrected chi connectivity index (χ4v) is 4.29. The number of piperidine rings is 1. The smallest absolute Gasteiger partial charge is 0.314 e. The lowest BCUT2D eigenvalue weighted by Gasteiger charge is -2.47. The van der Waals surface area contributed by atoms with Crippen LogP contribution in [-0.4, -0.2) is 60.6 Å². The Bertz CT molecular complexity index is 597. The molecule has 2 fully saturated rings. The molecular weight excluding hydrogens is 306 g/mol. The molecule has 6 heteroatoms. The minimum atomic E-state index is -0.381. The Hall–Kier alpha value is -2.08. The van der Waals surface area contributed by atoms with Crippen molar-refractivity contribution in [3.05, 3.63) is 35.9 Å².